The number of aliphatic hydroxyl groups excluding tert-OH is 1. The lowest BCUT2D eigenvalue weighted by atomic mass is 9.82. The molecule has 3 rings (SSSR count). The normalized spacial score (nSPS) is 48.4. The van der Waals surface area contributed by atoms with Gasteiger partial charge in [0.15, 0.2) is 0 Å². The van der Waals surface area contributed by atoms with Crippen molar-refractivity contribution in [2.24, 2.45) is 0 Å². The number of nitrogens with zero attached hydrogens (tertiary/aromatic N) is 1. The summed E-state index contributed by atoms with van der Waals surface area (Å²) in [6.45, 7) is 5.69. The van der Waals surface area contributed by atoms with Gasteiger partial charge in [0.25, 0.3) is 0 Å². The van der Waals surface area contributed by atoms with E-state index in [4.69, 9.17) is 4.74 Å². The number of esters is 1. The average Bonchev–Trinajstić information content (AvgIpc) is 2.86. The molecule has 0 aromatic carbocycles. The van der Waals surface area contributed by atoms with Crippen molar-refractivity contribution in [1.82, 2.24) is 4.90 Å². The molecular formula is C14H22FNO3. The maximum Gasteiger partial charge on any atom is 0.328 e. The lowest BCUT2D eigenvalue weighted by Gasteiger charge is -2.34. The molecule has 2 bridgehead atoms. The molecule has 0 spiro atoms. The van der Waals surface area contributed by atoms with Crippen molar-refractivity contribution in [2.45, 2.75) is 75.4 Å². The fourth-order valence-electron chi connectivity index (χ4n) is 3.77. The van der Waals surface area contributed by atoms with Crippen molar-refractivity contribution >= 4 is 5.97 Å². The van der Waals surface area contributed by atoms with Gasteiger partial charge in [0, 0.05) is 12.6 Å². The first kappa shape index (κ1) is 13.3. The van der Waals surface area contributed by atoms with Crippen LogP contribution < -0.4 is 0 Å². The summed E-state index contributed by atoms with van der Waals surface area (Å²) in [6, 6.07) is -0.0403. The van der Waals surface area contributed by atoms with Crippen LogP contribution in [0.5, 0.6) is 0 Å². The second kappa shape index (κ2) is 3.70. The van der Waals surface area contributed by atoms with Crippen LogP contribution >= 0.6 is 0 Å². The van der Waals surface area contributed by atoms with E-state index < -0.39 is 22.9 Å². The summed E-state index contributed by atoms with van der Waals surface area (Å²) in [6.07, 6.45) is 1.00. The highest BCUT2D eigenvalue weighted by molar-refractivity contribution is 5.86. The van der Waals surface area contributed by atoms with Gasteiger partial charge in [0.05, 0.1) is 6.10 Å². The number of rotatable bonds is 1. The predicted molar refractivity (Wildman–Crippen MR) is 67.4 cm³/mol. The number of alkyl halides is 1. The Balaban J connectivity index is 1.85. The molecular weight excluding hydrogens is 249 g/mol. The van der Waals surface area contributed by atoms with Crippen LogP contribution in [0.2, 0.25) is 0 Å². The van der Waals surface area contributed by atoms with Gasteiger partial charge in [-0.1, -0.05) is 0 Å². The van der Waals surface area contributed by atoms with E-state index in [1.54, 1.807) is 0 Å². The summed E-state index contributed by atoms with van der Waals surface area (Å²) < 4.78 is 20.1. The molecule has 3 aliphatic heterocycles. The zero-order valence-corrected chi connectivity index (χ0v) is 11.8. The van der Waals surface area contributed by atoms with Crippen molar-refractivity contribution in [2.75, 3.05) is 6.54 Å². The molecule has 0 aromatic heterocycles. The molecule has 4 nitrogen and oxygen atoms in total. The van der Waals surface area contributed by atoms with Crippen LogP contribution in [-0.4, -0.2) is 51.5 Å². The maximum absolute atomic E-state index is 14.6. The van der Waals surface area contributed by atoms with Crippen LogP contribution in [-0.2, 0) is 9.53 Å². The monoisotopic (exact) mass is 271 g/mol. The van der Waals surface area contributed by atoms with E-state index in [9.17, 15) is 14.3 Å². The summed E-state index contributed by atoms with van der Waals surface area (Å²) in [5.41, 5.74) is -2.74. The van der Waals surface area contributed by atoms with Crippen LogP contribution in [0.3, 0.4) is 0 Å². The summed E-state index contributed by atoms with van der Waals surface area (Å²) in [4.78, 5) is 14.4. The number of hydrogen-bond acceptors (Lipinski definition) is 4. The molecule has 0 aliphatic carbocycles. The van der Waals surface area contributed by atoms with E-state index in [2.05, 4.69) is 0 Å². The number of hydrogen-bond donors (Lipinski definition) is 1. The number of halogens is 1. The Labute approximate surface area is 112 Å². The number of fused-ring (bicyclic) bond motifs is 2. The summed E-state index contributed by atoms with van der Waals surface area (Å²) in [5.74, 6) is -0.247. The van der Waals surface area contributed by atoms with Gasteiger partial charge < -0.3 is 9.84 Å². The Morgan fingerprint density at radius 3 is 2.74 bits per heavy atom. The van der Waals surface area contributed by atoms with Crippen molar-refractivity contribution in [3.05, 3.63) is 0 Å². The molecule has 5 atom stereocenters. The SMILES string of the molecule is CC(C)(C)OC(=O)C12CCC[C@@]3(F)CN1C2C[C@@H]3O. The van der Waals surface area contributed by atoms with E-state index >= 15 is 0 Å². The van der Waals surface area contributed by atoms with Gasteiger partial charge >= 0.3 is 5.97 Å². The minimum Gasteiger partial charge on any atom is -0.459 e. The van der Waals surface area contributed by atoms with Crippen LogP contribution in [0.15, 0.2) is 0 Å². The molecule has 0 amide bonds. The number of ether oxygens (including phenoxy) is 1. The van der Waals surface area contributed by atoms with Gasteiger partial charge in [-0.2, -0.15) is 0 Å². The van der Waals surface area contributed by atoms with Crippen molar-refractivity contribution < 1.29 is 19.0 Å². The second-order valence-electron chi connectivity index (χ2n) is 7.21. The fraction of sp³-hybridized carbons (Fsp3) is 0.929. The molecule has 0 radical (unpaired) electrons. The Kier molecular flexibility index (Phi) is 2.59. The highest BCUT2D eigenvalue weighted by Crippen LogP contribution is 2.57. The largest absolute Gasteiger partial charge is 0.459 e. The van der Waals surface area contributed by atoms with Crippen molar-refractivity contribution in [1.29, 1.82) is 0 Å². The Hall–Kier alpha value is -0.680. The van der Waals surface area contributed by atoms with E-state index in [1.807, 2.05) is 25.7 Å². The smallest absolute Gasteiger partial charge is 0.328 e. The standard InChI is InChI=1S/C14H22FNO3/c1-12(2,3)19-11(18)14-6-4-5-13(15)8-16(14)9(14)7-10(13)17/h9-10,17H,4-8H2,1-3H3/t9?,10-,13+,14?,16?/m0/s1. The Bertz CT molecular complexity index is 421. The average molecular weight is 271 g/mol. The third-order valence-electron chi connectivity index (χ3n) is 4.75. The molecule has 108 valence electrons. The lowest BCUT2D eigenvalue weighted by Crippen LogP contribution is -2.48. The van der Waals surface area contributed by atoms with E-state index in [0.717, 1.165) is 0 Å². The molecule has 3 aliphatic rings. The van der Waals surface area contributed by atoms with E-state index in [1.165, 1.54) is 0 Å². The molecule has 5 heteroatoms. The molecule has 3 fully saturated rings. The fourth-order valence-corrected chi connectivity index (χ4v) is 3.77. The molecule has 3 saturated heterocycles. The van der Waals surface area contributed by atoms with Crippen LogP contribution in [0, 0.1) is 0 Å². The third kappa shape index (κ3) is 1.82. The van der Waals surface area contributed by atoms with Crippen LogP contribution in [0.25, 0.3) is 0 Å². The topological polar surface area (TPSA) is 49.5 Å². The first-order chi connectivity index (χ1) is 8.69. The molecule has 19 heavy (non-hydrogen) atoms. The van der Waals surface area contributed by atoms with Gasteiger partial charge in [-0.3, -0.25) is 4.90 Å². The van der Waals surface area contributed by atoms with Crippen LogP contribution in [0.1, 0.15) is 46.5 Å². The summed E-state index contributed by atoms with van der Waals surface area (Å²) in [7, 11) is 0. The summed E-state index contributed by atoms with van der Waals surface area (Å²) >= 11 is 0. The molecule has 1 N–H and O–H groups in total. The van der Waals surface area contributed by atoms with Gasteiger partial charge in [0.2, 0.25) is 0 Å². The van der Waals surface area contributed by atoms with Gasteiger partial charge in [-0.05, 0) is 46.5 Å². The zero-order valence-electron chi connectivity index (χ0n) is 11.8. The Morgan fingerprint density at radius 1 is 1.42 bits per heavy atom. The number of carbonyl (C=O) groups is 1. The minimum absolute atomic E-state index is 0.0403. The van der Waals surface area contributed by atoms with Crippen LogP contribution in [0.4, 0.5) is 4.39 Å². The summed E-state index contributed by atoms with van der Waals surface area (Å²) in [5, 5.41) is 9.95. The third-order valence-corrected chi connectivity index (χ3v) is 4.75. The predicted octanol–water partition coefficient (Wildman–Crippen LogP) is 1.41. The first-order valence-corrected chi connectivity index (χ1v) is 7.06. The Morgan fingerprint density at radius 2 is 2.11 bits per heavy atom. The zero-order chi connectivity index (χ0) is 14.1. The van der Waals surface area contributed by atoms with Gasteiger partial charge in [0.1, 0.15) is 16.8 Å². The van der Waals surface area contributed by atoms with Crippen molar-refractivity contribution in [3.63, 3.8) is 0 Å². The maximum atomic E-state index is 14.6. The molecule has 0 aromatic rings. The van der Waals surface area contributed by atoms with Gasteiger partial charge in [-0.15, -0.1) is 0 Å². The molecule has 3 heterocycles. The van der Waals surface area contributed by atoms with E-state index in [0.29, 0.717) is 25.7 Å². The highest BCUT2D eigenvalue weighted by Gasteiger charge is 2.74. The lowest BCUT2D eigenvalue weighted by molar-refractivity contribution is -0.159. The highest BCUT2D eigenvalue weighted by atomic mass is 19.1. The minimum atomic E-state index is -1.54. The number of carbonyl (C=O) groups excluding carboxylic acids is 1. The van der Waals surface area contributed by atoms with Gasteiger partial charge in [-0.25, -0.2) is 9.18 Å². The van der Waals surface area contributed by atoms with Crippen molar-refractivity contribution in [3.8, 4) is 0 Å². The second-order valence-corrected chi connectivity index (χ2v) is 7.21. The molecule has 0 saturated carbocycles. The quantitative estimate of drug-likeness (QED) is 0.578. The van der Waals surface area contributed by atoms with E-state index in [-0.39, 0.29) is 18.6 Å². The number of aliphatic hydroxyl groups is 1. The number of piperidine rings is 1. The molecule has 3 unspecified atom stereocenters. The first-order valence-electron chi connectivity index (χ1n) is 7.06.